The molecule has 0 bridgehead atoms. The quantitative estimate of drug-likeness (QED) is 0.872. The summed E-state index contributed by atoms with van der Waals surface area (Å²) in [6, 6.07) is 3.48. The van der Waals surface area contributed by atoms with Gasteiger partial charge < -0.3 is 5.11 Å². The molecule has 1 saturated carbocycles. The van der Waals surface area contributed by atoms with Gasteiger partial charge in [-0.15, -0.1) is 11.3 Å². The molecule has 0 aromatic carbocycles. The lowest BCUT2D eigenvalue weighted by Crippen LogP contribution is -2.46. The molecule has 0 amide bonds. The summed E-state index contributed by atoms with van der Waals surface area (Å²) >= 11 is 1.29. The van der Waals surface area contributed by atoms with Crippen LogP contribution in [-0.2, 0) is 16.4 Å². The van der Waals surface area contributed by atoms with E-state index < -0.39 is 15.6 Å². The molecule has 6 heteroatoms. The number of nitrogens with one attached hydrogen (secondary N) is 1. The van der Waals surface area contributed by atoms with E-state index >= 15 is 0 Å². The average Bonchev–Trinajstić information content (AvgIpc) is 2.91. The Balaban J connectivity index is 1.98. The SMILES string of the molecule is CCc1ccc(S(=O)(=O)NCC2(O)CCC(C)(C)CC2)s1. The number of hydrogen-bond acceptors (Lipinski definition) is 4. The summed E-state index contributed by atoms with van der Waals surface area (Å²) in [4.78, 5) is 1.05. The van der Waals surface area contributed by atoms with Gasteiger partial charge in [0.2, 0.25) is 10.0 Å². The molecule has 0 aliphatic heterocycles. The second kappa shape index (κ2) is 5.99. The number of sulfonamides is 1. The zero-order valence-electron chi connectivity index (χ0n) is 13.0. The first kappa shape index (κ1) is 16.9. The van der Waals surface area contributed by atoms with Crippen LogP contribution in [0.5, 0.6) is 0 Å². The predicted octanol–water partition coefficient (Wildman–Crippen LogP) is 2.92. The number of rotatable bonds is 5. The maximum Gasteiger partial charge on any atom is 0.250 e. The highest BCUT2D eigenvalue weighted by Crippen LogP contribution is 2.40. The van der Waals surface area contributed by atoms with Crippen LogP contribution >= 0.6 is 11.3 Å². The van der Waals surface area contributed by atoms with Gasteiger partial charge in [0.25, 0.3) is 0 Å². The van der Waals surface area contributed by atoms with E-state index in [-0.39, 0.29) is 12.0 Å². The lowest BCUT2D eigenvalue weighted by Gasteiger charge is -2.40. The molecule has 1 aromatic rings. The van der Waals surface area contributed by atoms with Crippen LogP contribution in [0.4, 0.5) is 0 Å². The first-order chi connectivity index (χ1) is 9.66. The van der Waals surface area contributed by atoms with E-state index in [4.69, 9.17) is 0 Å². The minimum absolute atomic E-state index is 0.102. The van der Waals surface area contributed by atoms with Crippen LogP contribution in [0.3, 0.4) is 0 Å². The first-order valence-electron chi connectivity index (χ1n) is 7.47. The fourth-order valence-corrected chi connectivity index (χ4v) is 5.02. The molecule has 0 radical (unpaired) electrons. The minimum atomic E-state index is -3.51. The minimum Gasteiger partial charge on any atom is -0.389 e. The first-order valence-corrected chi connectivity index (χ1v) is 9.77. The summed E-state index contributed by atoms with van der Waals surface area (Å²) in [5.41, 5.74) is -0.664. The van der Waals surface area contributed by atoms with E-state index in [1.54, 1.807) is 6.07 Å². The monoisotopic (exact) mass is 331 g/mol. The largest absolute Gasteiger partial charge is 0.389 e. The van der Waals surface area contributed by atoms with Crippen LogP contribution in [0.1, 0.15) is 51.3 Å². The number of aryl methyl sites for hydroxylation is 1. The van der Waals surface area contributed by atoms with Gasteiger partial charge in [0.15, 0.2) is 0 Å². The Labute approximate surface area is 131 Å². The Bertz CT molecular complexity index is 580. The van der Waals surface area contributed by atoms with E-state index in [0.717, 1.165) is 24.1 Å². The number of thiophene rings is 1. The molecule has 1 aliphatic carbocycles. The number of hydrogen-bond donors (Lipinski definition) is 2. The fraction of sp³-hybridized carbons (Fsp3) is 0.733. The molecule has 21 heavy (non-hydrogen) atoms. The van der Waals surface area contributed by atoms with Gasteiger partial charge in [0.1, 0.15) is 4.21 Å². The van der Waals surface area contributed by atoms with Gasteiger partial charge in [-0.2, -0.15) is 0 Å². The van der Waals surface area contributed by atoms with Crippen molar-refractivity contribution in [2.45, 2.75) is 62.7 Å². The van der Waals surface area contributed by atoms with Crippen molar-refractivity contribution in [1.29, 1.82) is 0 Å². The highest BCUT2D eigenvalue weighted by atomic mass is 32.2. The van der Waals surface area contributed by atoms with Crippen molar-refractivity contribution in [3.05, 3.63) is 17.0 Å². The summed E-state index contributed by atoms with van der Waals surface area (Å²) in [5.74, 6) is 0. The third kappa shape index (κ3) is 4.28. The summed E-state index contributed by atoms with van der Waals surface area (Å²) < 4.78 is 27.4. The van der Waals surface area contributed by atoms with E-state index in [1.807, 2.05) is 13.0 Å². The van der Waals surface area contributed by atoms with Gasteiger partial charge in [-0.3, -0.25) is 0 Å². The molecule has 1 fully saturated rings. The number of aliphatic hydroxyl groups is 1. The Hall–Kier alpha value is -0.430. The molecule has 0 saturated heterocycles. The molecule has 2 rings (SSSR count). The van der Waals surface area contributed by atoms with Crippen molar-refractivity contribution in [2.75, 3.05) is 6.54 Å². The molecule has 4 nitrogen and oxygen atoms in total. The Morgan fingerprint density at radius 1 is 1.24 bits per heavy atom. The average molecular weight is 332 g/mol. The van der Waals surface area contributed by atoms with E-state index in [1.165, 1.54) is 11.3 Å². The van der Waals surface area contributed by atoms with E-state index in [2.05, 4.69) is 18.6 Å². The van der Waals surface area contributed by atoms with Gasteiger partial charge in [-0.25, -0.2) is 13.1 Å². The van der Waals surface area contributed by atoms with Crippen LogP contribution in [0.25, 0.3) is 0 Å². The van der Waals surface area contributed by atoms with E-state index in [9.17, 15) is 13.5 Å². The highest BCUT2D eigenvalue weighted by molar-refractivity contribution is 7.91. The van der Waals surface area contributed by atoms with Crippen LogP contribution in [0.15, 0.2) is 16.3 Å². The maximum atomic E-state index is 12.3. The Morgan fingerprint density at radius 3 is 2.38 bits per heavy atom. The van der Waals surface area contributed by atoms with Crippen molar-refractivity contribution in [1.82, 2.24) is 4.72 Å². The van der Waals surface area contributed by atoms with Crippen molar-refractivity contribution in [2.24, 2.45) is 5.41 Å². The van der Waals surface area contributed by atoms with Crippen LogP contribution in [-0.4, -0.2) is 25.7 Å². The topological polar surface area (TPSA) is 66.4 Å². The zero-order valence-corrected chi connectivity index (χ0v) is 14.6. The summed E-state index contributed by atoms with van der Waals surface area (Å²) in [6.45, 7) is 6.48. The van der Waals surface area contributed by atoms with Gasteiger partial charge in [0, 0.05) is 11.4 Å². The molecule has 1 heterocycles. The summed E-state index contributed by atoms with van der Waals surface area (Å²) in [6.07, 6.45) is 3.97. The molecule has 0 atom stereocenters. The van der Waals surface area contributed by atoms with Crippen molar-refractivity contribution in [3.8, 4) is 0 Å². The lowest BCUT2D eigenvalue weighted by molar-refractivity contribution is -0.0205. The molecule has 1 aromatic heterocycles. The molecule has 1 aliphatic rings. The Morgan fingerprint density at radius 2 is 1.86 bits per heavy atom. The third-order valence-electron chi connectivity index (χ3n) is 4.38. The maximum absolute atomic E-state index is 12.3. The molecule has 0 unspecified atom stereocenters. The van der Waals surface area contributed by atoms with Gasteiger partial charge in [-0.05, 0) is 49.7 Å². The molecular weight excluding hydrogens is 306 g/mol. The standard InChI is InChI=1S/C15H25NO3S2/c1-4-12-5-6-13(20-12)21(18,19)16-11-15(17)9-7-14(2,3)8-10-15/h5-6,16-17H,4,7-11H2,1-3H3. The lowest BCUT2D eigenvalue weighted by atomic mass is 9.71. The fourth-order valence-electron chi connectivity index (χ4n) is 2.56. The highest BCUT2D eigenvalue weighted by Gasteiger charge is 2.37. The van der Waals surface area contributed by atoms with Gasteiger partial charge in [0.05, 0.1) is 5.60 Å². The predicted molar refractivity (Wildman–Crippen MR) is 86.1 cm³/mol. The summed E-state index contributed by atoms with van der Waals surface area (Å²) in [7, 11) is -3.51. The van der Waals surface area contributed by atoms with Crippen molar-refractivity contribution < 1.29 is 13.5 Å². The second-order valence-corrected chi connectivity index (χ2v) is 9.95. The molecule has 2 N–H and O–H groups in total. The molecular formula is C15H25NO3S2. The smallest absolute Gasteiger partial charge is 0.250 e. The van der Waals surface area contributed by atoms with Crippen molar-refractivity contribution in [3.63, 3.8) is 0 Å². The summed E-state index contributed by atoms with van der Waals surface area (Å²) in [5, 5.41) is 10.5. The normalized spacial score (nSPS) is 21.3. The van der Waals surface area contributed by atoms with Crippen LogP contribution < -0.4 is 4.72 Å². The molecule has 120 valence electrons. The second-order valence-electron chi connectivity index (χ2n) is 6.79. The Kier molecular flexibility index (Phi) is 4.83. The third-order valence-corrected chi connectivity index (χ3v) is 7.50. The van der Waals surface area contributed by atoms with Crippen LogP contribution in [0, 0.1) is 5.41 Å². The zero-order chi connectivity index (χ0) is 15.7. The van der Waals surface area contributed by atoms with E-state index in [0.29, 0.717) is 17.1 Å². The van der Waals surface area contributed by atoms with Crippen LogP contribution in [0.2, 0.25) is 0 Å². The van der Waals surface area contributed by atoms with Crippen molar-refractivity contribution >= 4 is 21.4 Å². The van der Waals surface area contributed by atoms with Gasteiger partial charge in [-0.1, -0.05) is 20.8 Å². The van der Waals surface area contributed by atoms with Gasteiger partial charge >= 0.3 is 0 Å². The molecule has 0 spiro atoms.